The summed E-state index contributed by atoms with van der Waals surface area (Å²) in [7, 11) is 1.74. The maximum Gasteiger partial charge on any atom is 0.269 e. The van der Waals surface area contributed by atoms with Crippen LogP contribution in [0.15, 0.2) is 6.07 Å². The Hall–Kier alpha value is -1.56. The molecule has 1 amide bonds. The van der Waals surface area contributed by atoms with Crippen molar-refractivity contribution in [1.29, 1.82) is 0 Å². The maximum atomic E-state index is 11.7. The van der Waals surface area contributed by atoms with Gasteiger partial charge in [-0.2, -0.15) is 5.10 Å². The van der Waals surface area contributed by atoms with Crippen LogP contribution in [0.4, 0.5) is 5.82 Å². The topological polar surface area (TPSA) is 90.0 Å². The molecule has 2 atom stereocenters. The van der Waals surface area contributed by atoms with Crippen LogP contribution in [0.5, 0.6) is 0 Å². The highest BCUT2D eigenvalue weighted by Gasteiger charge is 2.24. The SMILES string of the molecule is CNc1cc(C(=O)NC2CC[C@@H](O)C2)[nH]n1. The number of hydrogen-bond donors (Lipinski definition) is 4. The average molecular weight is 224 g/mol. The first-order chi connectivity index (χ1) is 7.69. The predicted octanol–water partition coefficient (Wildman–Crippen LogP) is 0.0946. The number of aliphatic hydroxyl groups is 1. The van der Waals surface area contributed by atoms with Gasteiger partial charge in [-0.1, -0.05) is 0 Å². The van der Waals surface area contributed by atoms with E-state index >= 15 is 0 Å². The zero-order valence-electron chi connectivity index (χ0n) is 9.16. The summed E-state index contributed by atoms with van der Waals surface area (Å²) >= 11 is 0. The molecule has 0 aliphatic heterocycles. The number of carbonyl (C=O) groups excluding carboxylic acids is 1. The van der Waals surface area contributed by atoms with E-state index in [0.29, 0.717) is 17.9 Å². The molecule has 1 aliphatic rings. The van der Waals surface area contributed by atoms with Crippen LogP contribution in [0.3, 0.4) is 0 Å². The van der Waals surface area contributed by atoms with Crippen molar-refractivity contribution in [3.05, 3.63) is 11.8 Å². The molecular formula is C10H16N4O2. The second-order valence-electron chi connectivity index (χ2n) is 4.05. The molecule has 0 saturated heterocycles. The van der Waals surface area contributed by atoms with E-state index in [9.17, 15) is 9.90 Å². The molecule has 1 aliphatic carbocycles. The summed E-state index contributed by atoms with van der Waals surface area (Å²) in [5.74, 6) is 0.463. The fourth-order valence-corrected chi connectivity index (χ4v) is 1.92. The molecule has 0 aromatic carbocycles. The van der Waals surface area contributed by atoms with E-state index in [1.807, 2.05) is 0 Å². The van der Waals surface area contributed by atoms with Crippen molar-refractivity contribution in [1.82, 2.24) is 15.5 Å². The van der Waals surface area contributed by atoms with Crippen LogP contribution in [0.25, 0.3) is 0 Å². The highest BCUT2D eigenvalue weighted by atomic mass is 16.3. The van der Waals surface area contributed by atoms with E-state index in [4.69, 9.17) is 0 Å². The van der Waals surface area contributed by atoms with Crippen molar-refractivity contribution in [2.45, 2.75) is 31.4 Å². The molecule has 1 saturated carbocycles. The highest BCUT2D eigenvalue weighted by molar-refractivity contribution is 5.93. The number of carbonyl (C=O) groups is 1. The van der Waals surface area contributed by atoms with E-state index in [-0.39, 0.29) is 18.1 Å². The fraction of sp³-hybridized carbons (Fsp3) is 0.600. The van der Waals surface area contributed by atoms with E-state index < -0.39 is 0 Å². The van der Waals surface area contributed by atoms with Gasteiger partial charge in [-0.3, -0.25) is 9.89 Å². The number of rotatable bonds is 3. The number of anilines is 1. The summed E-state index contributed by atoms with van der Waals surface area (Å²) < 4.78 is 0. The molecular weight excluding hydrogens is 208 g/mol. The third kappa shape index (κ3) is 2.33. The van der Waals surface area contributed by atoms with Crippen LogP contribution in [0, 0.1) is 0 Å². The zero-order chi connectivity index (χ0) is 11.5. The molecule has 1 aromatic heterocycles. The Labute approximate surface area is 93.4 Å². The van der Waals surface area contributed by atoms with Gasteiger partial charge in [0, 0.05) is 19.2 Å². The second kappa shape index (κ2) is 4.52. The first-order valence-corrected chi connectivity index (χ1v) is 5.41. The van der Waals surface area contributed by atoms with Gasteiger partial charge in [0.1, 0.15) is 11.5 Å². The van der Waals surface area contributed by atoms with Crippen LogP contribution in [-0.2, 0) is 0 Å². The van der Waals surface area contributed by atoms with Crippen LogP contribution >= 0.6 is 0 Å². The van der Waals surface area contributed by atoms with Crippen molar-refractivity contribution in [2.75, 3.05) is 12.4 Å². The number of aliphatic hydroxyl groups excluding tert-OH is 1. The molecule has 1 heterocycles. The van der Waals surface area contributed by atoms with Gasteiger partial charge in [0.15, 0.2) is 0 Å². The molecule has 6 heteroatoms. The molecule has 88 valence electrons. The van der Waals surface area contributed by atoms with Gasteiger partial charge in [-0.15, -0.1) is 0 Å². The normalized spacial score (nSPS) is 24.4. The molecule has 16 heavy (non-hydrogen) atoms. The Balaban J connectivity index is 1.92. The monoisotopic (exact) mass is 224 g/mol. The minimum Gasteiger partial charge on any atom is -0.393 e. The Morgan fingerprint density at radius 1 is 1.62 bits per heavy atom. The molecule has 1 aromatic rings. The second-order valence-corrected chi connectivity index (χ2v) is 4.05. The Kier molecular flexibility index (Phi) is 3.09. The lowest BCUT2D eigenvalue weighted by atomic mass is 10.2. The molecule has 2 rings (SSSR count). The van der Waals surface area contributed by atoms with Crippen molar-refractivity contribution in [2.24, 2.45) is 0 Å². The van der Waals surface area contributed by atoms with Gasteiger partial charge >= 0.3 is 0 Å². The summed E-state index contributed by atoms with van der Waals surface area (Å²) in [4.78, 5) is 11.7. The van der Waals surface area contributed by atoms with Gasteiger partial charge in [0.05, 0.1) is 6.10 Å². The van der Waals surface area contributed by atoms with Crippen LogP contribution in [0.2, 0.25) is 0 Å². The molecule has 0 bridgehead atoms. The number of nitrogens with one attached hydrogen (secondary N) is 3. The summed E-state index contributed by atoms with van der Waals surface area (Å²) in [6.07, 6.45) is 1.95. The standard InChI is InChI=1S/C10H16N4O2/c1-11-9-5-8(13-14-9)10(16)12-6-2-3-7(15)4-6/h5-7,15H,2-4H2,1H3,(H,12,16)(H2,11,13,14)/t6?,7-/m1/s1. The van der Waals surface area contributed by atoms with Gasteiger partial charge in [0.2, 0.25) is 0 Å². The number of aromatic amines is 1. The number of H-pyrrole nitrogens is 1. The Morgan fingerprint density at radius 3 is 3.00 bits per heavy atom. The lowest BCUT2D eigenvalue weighted by Gasteiger charge is -2.10. The number of amides is 1. The van der Waals surface area contributed by atoms with E-state index in [2.05, 4.69) is 20.8 Å². The smallest absolute Gasteiger partial charge is 0.269 e. The van der Waals surface area contributed by atoms with Gasteiger partial charge < -0.3 is 15.7 Å². The zero-order valence-corrected chi connectivity index (χ0v) is 9.16. The number of hydrogen-bond acceptors (Lipinski definition) is 4. The maximum absolute atomic E-state index is 11.7. The summed E-state index contributed by atoms with van der Waals surface area (Å²) in [6.45, 7) is 0. The van der Waals surface area contributed by atoms with Gasteiger partial charge in [-0.25, -0.2) is 0 Å². The Bertz CT molecular complexity index is 377. The first-order valence-electron chi connectivity index (χ1n) is 5.41. The summed E-state index contributed by atoms with van der Waals surface area (Å²) in [5, 5.41) is 21.6. The fourth-order valence-electron chi connectivity index (χ4n) is 1.92. The quantitative estimate of drug-likeness (QED) is 0.586. The molecule has 1 fully saturated rings. The summed E-state index contributed by atoms with van der Waals surface area (Å²) in [5.41, 5.74) is 0.436. The van der Waals surface area contributed by atoms with Crippen molar-refractivity contribution in [3.63, 3.8) is 0 Å². The van der Waals surface area contributed by atoms with Crippen molar-refractivity contribution < 1.29 is 9.90 Å². The van der Waals surface area contributed by atoms with E-state index in [1.54, 1.807) is 13.1 Å². The lowest BCUT2D eigenvalue weighted by Crippen LogP contribution is -2.33. The lowest BCUT2D eigenvalue weighted by molar-refractivity contribution is 0.0929. The molecule has 6 nitrogen and oxygen atoms in total. The molecule has 4 N–H and O–H groups in total. The third-order valence-corrected chi connectivity index (χ3v) is 2.82. The minimum atomic E-state index is -0.278. The predicted molar refractivity (Wildman–Crippen MR) is 59.2 cm³/mol. The average Bonchev–Trinajstić information content (AvgIpc) is 2.87. The molecule has 1 unspecified atom stereocenters. The van der Waals surface area contributed by atoms with Gasteiger partial charge in [-0.05, 0) is 19.3 Å². The summed E-state index contributed by atoms with van der Waals surface area (Å²) in [6, 6.07) is 1.73. The van der Waals surface area contributed by atoms with E-state index in [1.165, 1.54) is 0 Å². The molecule has 0 radical (unpaired) electrons. The first kappa shape index (κ1) is 10.9. The number of aromatic nitrogens is 2. The van der Waals surface area contributed by atoms with Crippen molar-refractivity contribution >= 4 is 11.7 Å². The molecule has 0 spiro atoms. The highest BCUT2D eigenvalue weighted by Crippen LogP contribution is 2.19. The van der Waals surface area contributed by atoms with Crippen LogP contribution < -0.4 is 10.6 Å². The Morgan fingerprint density at radius 2 is 2.44 bits per heavy atom. The van der Waals surface area contributed by atoms with Crippen LogP contribution in [0.1, 0.15) is 29.8 Å². The van der Waals surface area contributed by atoms with Crippen molar-refractivity contribution in [3.8, 4) is 0 Å². The minimum absolute atomic E-state index is 0.0730. The largest absolute Gasteiger partial charge is 0.393 e. The van der Waals surface area contributed by atoms with Gasteiger partial charge in [0.25, 0.3) is 5.91 Å². The number of nitrogens with zero attached hydrogens (tertiary/aromatic N) is 1. The van der Waals surface area contributed by atoms with E-state index in [0.717, 1.165) is 12.8 Å². The van der Waals surface area contributed by atoms with Crippen LogP contribution in [-0.4, -0.2) is 40.4 Å². The third-order valence-electron chi connectivity index (χ3n) is 2.82.